The van der Waals surface area contributed by atoms with E-state index in [-0.39, 0.29) is 23.2 Å². The molecule has 0 spiro atoms. The number of nitrogens with one attached hydrogen (secondary N) is 1. The maximum Gasteiger partial charge on any atom is 0.235 e. The van der Waals surface area contributed by atoms with Crippen molar-refractivity contribution in [2.24, 2.45) is 0 Å². The van der Waals surface area contributed by atoms with Gasteiger partial charge >= 0.3 is 0 Å². The van der Waals surface area contributed by atoms with E-state index in [2.05, 4.69) is 54.5 Å². The fourth-order valence-corrected chi connectivity index (χ4v) is 6.60. The van der Waals surface area contributed by atoms with E-state index in [0.717, 1.165) is 42.8 Å². The third-order valence-corrected chi connectivity index (χ3v) is 8.75. The van der Waals surface area contributed by atoms with E-state index in [1.54, 1.807) is 11.3 Å². The van der Waals surface area contributed by atoms with Crippen LogP contribution in [0.25, 0.3) is 0 Å². The molecule has 2 heterocycles. The predicted molar refractivity (Wildman–Crippen MR) is 150 cm³/mol. The second-order valence-corrected chi connectivity index (χ2v) is 12.4. The lowest BCUT2D eigenvalue weighted by atomic mass is 9.87. The molecule has 0 radical (unpaired) electrons. The first-order chi connectivity index (χ1) is 17.7. The predicted octanol–water partition coefficient (Wildman–Crippen LogP) is 6.67. The molecular weight excluding hydrogens is 502 g/mol. The molecule has 4 rings (SSSR count). The Kier molecular flexibility index (Phi) is 8.60. The van der Waals surface area contributed by atoms with Crippen molar-refractivity contribution in [2.75, 3.05) is 11.1 Å². The zero-order valence-corrected chi connectivity index (χ0v) is 23.9. The van der Waals surface area contributed by atoms with Crippen molar-refractivity contribution in [2.45, 2.75) is 89.9 Å². The molecular formula is C28H35N5O2S2. The topological polar surface area (TPSA) is 92.8 Å². The summed E-state index contributed by atoms with van der Waals surface area (Å²) in [5.41, 5.74) is 3.11. The number of ether oxygens (including phenoxy) is 1. The van der Waals surface area contributed by atoms with Crippen LogP contribution in [0.2, 0.25) is 0 Å². The fourth-order valence-electron chi connectivity index (χ4n) is 4.54. The van der Waals surface area contributed by atoms with E-state index < -0.39 is 0 Å². The number of thiophene rings is 1. The fraction of sp³-hybridized carbons (Fsp3) is 0.500. The highest BCUT2D eigenvalue weighted by molar-refractivity contribution is 7.99. The minimum absolute atomic E-state index is 0.0867. The van der Waals surface area contributed by atoms with Crippen molar-refractivity contribution >= 4 is 34.0 Å². The number of benzene rings is 1. The molecule has 7 nitrogen and oxygen atoms in total. The Labute approximate surface area is 227 Å². The summed E-state index contributed by atoms with van der Waals surface area (Å²) in [6, 6.07) is 10.5. The minimum Gasteiger partial charge on any atom is -0.483 e. The maximum atomic E-state index is 12.8. The average Bonchev–Trinajstić information content (AvgIpc) is 3.34. The number of carbonyl (C=O) groups excluding carboxylic acids is 1. The molecule has 9 heteroatoms. The van der Waals surface area contributed by atoms with Crippen molar-refractivity contribution < 1.29 is 9.53 Å². The molecule has 2 aromatic heterocycles. The van der Waals surface area contributed by atoms with Crippen LogP contribution in [0.3, 0.4) is 0 Å². The number of carbonyl (C=O) groups is 1. The summed E-state index contributed by atoms with van der Waals surface area (Å²) in [6.45, 7) is 11.2. The van der Waals surface area contributed by atoms with Crippen molar-refractivity contribution in [3.63, 3.8) is 0 Å². The third-order valence-electron chi connectivity index (χ3n) is 6.58. The van der Waals surface area contributed by atoms with E-state index in [1.165, 1.54) is 28.6 Å². The number of rotatable bonds is 8. The SMILES string of the molecule is CCn1c(SCC(=O)Nc2sc3c(c2C#N)CCCCC3)nnc1C(C)Oc1ccc(C(C)(C)C)cc1. The highest BCUT2D eigenvalue weighted by Gasteiger charge is 2.23. The minimum atomic E-state index is -0.296. The van der Waals surface area contributed by atoms with Gasteiger partial charge in [0.05, 0.1) is 11.3 Å². The Morgan fingerprint density at radius 2 is 1.95 bits per heavy atom. The number of thioether (sulfide) groups is 1. The summed E-state index contributed by atoms with van der Waals surface area (Å²) in [6.07, 6.45) is 5.04. The zero-order chi connectivity index (χ0) is 26.6. The Hall–Kier alpha value is -2.83. The van der Waals surface area contributed by atoms with Gasteiger partial charge in [-0.15, -0.1) is 21.5 Å². The Morgan fingerprint density at radius 3 is 2.62 bits per heavy atom. The van der Waals surface area contributed by atoms with Crippen LogP contribution < -0.4 is 10.1 Å². The molecule has 1 amide bonds. The zero-order valence-electron chi connectivity index (χ0n) is 22.3. The first kappa shape index (κ1) is 27.2. The normalized spacial score (nSPS) is 14.4. The lowest BCUT2D eigenvalue weighted by Crippen LogP contribution is -2.15. The van der Waals surface area contributed by atoms with Crippen LogP contribution in [0.4, 0.5) is 5.00 Å². The van der Waals surface area contributed by atoms with Crippen LogP contribution in [-0.2, 0) is 29.6 Å². The summed E-state index contributed by atoms with van der Waals surface area (Å²) >= 11 is 2.90. The van der Waals surface area contributed by atoms with Crippen LogP contribution >= 0.6 is 23.1 Å². The van der Waals surface area contributed by atoms with Crippen LogP contribution in [0.5, 0.6) is 5.75 Å². The van der Waals surface area contributed by atoms with Crippen molar-refractivity contribution in [3.05, 3.63) is 51.7 Å². The lowest BCUT2D eigenvalue weighted by Gasteiger charge is -2.20. The summed E-state index contributed by atoms with van der Waals surface area (Å²) in [5.74, 6) is 1.55. The molecule has 1 aliphatic carbocycles. The van der Waals surface area contributed by atoms with E-state index in [4.69, 9.17) is 4.74 Å². The highest BCUT2D eigenvalue weighted by atomic mass is 32.2. The average molecular weight is 538 g/mol. The number of aryl methyl sites for hydroxylation is 1. The summed E-state index contributed by atoms with van der Waals surface area (Å²) < 4.78 is 8.15. The number of nitriles is 1. The highest BCUT2D eigenvalue weighted by Crippen LogP contribution is 2.37. The smallest absolute Gasteiger partial charge is 0.235 e. The molecule has 0 aliphatic heterocycles. The van der Waals surface area contributed by atoms with Gasteiger partial charge in [-0.3, -0.25) is 4.79 Å². The first-order valence-corrected chi connectivity index (χ1v) is 14.7. The van der Waals surface area contributed by atoms with Crippen LogP contribution in [0.15, 0.2) is 29.4 Å². The number of hydrogen-bond acceptors (Lipinski definition) is 7. The van der Waals surface area contributed by atoms with E-state index in [9.17, 15) is 10.1 Å². The van der Waals surface area contributed by atoms with Crippen LogP contribution in [-0.4, -0.2) is 26.4 Å². The molecule has 1 atom stereocenters. The lowest BCUT2D eigenvalue weighted by molar-refractivity contribution is -0.113. The maximum absolute atomic E-state index is 12.8. The van der Waals surface area contributed by atoms with Crippen molar-refractivity contribution in [1.29, 1.82) is 5.26 Å². The van der Waals surface area contributed by atoms with E-state index >= 15 is 0 Å². The summed E-state index contributed by atoms with van der Waals surface area (Å²) in [4.78, 5) is 14.0. The third kappa shape index (κ3) is 6.36. The number of aromatic nitrogens is 3. The van der Waals surface area contributed by atoms with E-state index in [0.29, 0.717) is 22.3 Å². The van der Waals surface area contributed by atoms with Gasteiger partial charge in [-0.25, -0.2) is 0 Å². The van der Waals surface area contributed by atoms with Gasteiger partial charge in [0.25, 0.3) is 0 Å². The Morgan fingerprint density at radius 1 is 1.22 bits per heavy atom. The molecule has 0 saturated carbocycles. The molecule has 0 saturated heterocycles. The van der Waals surface area contributed by atoms with Gasteiger partial charge < -0.3 is 14.6 Å². The summed E-state index contributed by atoms with van der Waals surface area (Å²) in [5, 5.41) is 22.8. The quantitative estimate of drug-likeness (QED) is 0.255. The number of fused-ring (bicyclic) bond motifs is 1. The Bertz CT molecular complexity index is 1280. The van der Waals surface area contributed by atoms with Gasteiger partial charge in [0, 0.05) is 11.4 Å². The number of hydrogen-bond donors (Lipinski definition) is 1. The molecule has 1 aliphatic rings. The number of amides is 1. The largest absolute Gasteiger partial charge is 0.483 e. The van der Waals surface area contributed by atoms with Crippen LogP contribution in [0.1, 0.15) is 87.4 Å². The molecule has 196 valence electrons. The molecule has 0 bridgehead atoms. The van der Waals surface area contributed by atoms with Gasteiger partial charge in [0.1, 0.15) is 16.8 Å². The van der Waals surface area contributed by atoms with Gasteiger partial charge in [-0.05, 0) is 68.2 Å². The second-order valence-electron chi connectivity index (χ2n) is 10.3. The monoisotopic (exact) mass is 537 g/mol. The first-order valence-electron chi connectivity index (χ1n) is 12.9. The second kappa shape index (κ2) is 11.7. The molecule has 1 N–H and O–H groups in total. The molecule has 37 heavy (non-hydrogen) atoms. The molecule has 1 unspecified atom stereocenters. The molecule has 1 aromatic carbocycles. The van der Waals surface area contributed by atoms with Gasteiger partial charge in [-0.2, -0.15) is 5.26 Å². The van der Waals surface area contributed by atoms with Crippen molar-refractivity contribution in [3.8, 4) is 11.8 Å². The van der Waals surface area contributed by atoms with E-state index in [1.807, 2.05) is 30.5 Å². The van der Waals surface area contributed by atoms with Crippen LogP contribution in [0, 0.1) is 11.3 Å². The number of nitrogens with zero attached hydrogens (tertiary/aromatic N) is 4. The Balaban J connectivity index is 1.39. The van der Waals surface area contributed by atoms with Gasteiger partial charge in [0.15, 0.2) is 17.1 Å². The standard InChI is InChI=1S/C28H35N5O2S2/c1-6-33-25(18(2)35-20-14-12-19(13-15-20)28(3,4)5)31-32-27(33)36-17-24(34)30-26-22(16-29)21-10-8-7-9-11-23(21)37-26/h12-15,18H,6-11,17H2,1-5H3,(H,30,34). The number of anilines is 1. The van der Waals surface area contributed by atoms with Crippen molar-refractivity contribution in [1.82, 2.24) is 14.8 Å². The van der Waals surface area contributed by atoms with Gasteiger partial charge in [0.2, 0.25) is 5.91 Å². The van der Waals surface area contributed by atoms with Gasteiger partial charge in [-0.1, -0.05) is 51.1 Å². The molecule has 0 fully saturated rings. The molecule has 3 aromatic rings. The summed E-state index contributed by atoms with van der Waals surface area (Å²) in [7, 11) is 0.